The van der Waals surface area contributed by atoms with Crippen LogP contribution in [0.3, 0.4) is 0 Å². The van der Waals surface area contributed by atoms with Crippen LogP contribution in [-0.4, -0.2) is 59.1 Å². The first-order valence-electron chi connectivity index (χ1n) is 5.05. The molecule has 4 heterocycles. The van der Waals surface area contributed by atoms with Gasteiger partial charge in [-0.05, 0) is 6.42 Å². The third-order valence-electron chi connectivity index (χ3n) is 3.21. The van der Waals surface area contributed by atoms with Crippen molar-refractivity contribution in [3.05, 3.63) is 11.6 Å². The highest BCUT2D eigenvalue weighted by atomic mass is 35.5. The zero-order chi connectivity index (χ0) is 9.54. The molecule has 0 amide bonds. The van der Waals surface area contributed by atoms with Crippen molar-refractivity contribution in [2.75, 3.05) is 33.3 Å². The van der Waals surface area contributed by atoms with Gasteiger partial charge < -0.3 is 0 Å². The minimum absolute atomic E-state index is 0.567. The summed E-state index contributed by atoms with van der Waals surface area (Å²) in [5.74, 6) is 0. The summed E-state index contributed by atoms with van der Waals surface area (Å²) in [6, 6.07) is 0. The Morgan fingerprint density at radius 3 is 2.07 bits per heavy atom. The fourth-order valence-electron chi connectivity index (χ4n) is 2.75. The summed E-state index contributed by atoms with van der Waals surface area (Å²) >= 11 is 5.58. The summed E-state index contributed by atoms with van der Waals surface area (Å²) in [6.45, 7) is 5.62. The molecule has 0 aromatic carbocycles. The summed E-state index contributed by atoms with van der Waals surface area (Å²) in [6.07, 6.45) is 3.67. The Balaban J connectivity index is 1.74. The van der Waals surface area contributed by atoms with Gasteiger partial charge >= 0.3 is 0 Å². The van der Waals surface area contributed by atoms with Gasteiger partial charge in [0.1, 0.15) is 0 Å². The number of halogens is 1. The van der Waals surface area contributed by atoms with Gasteiger partial charge in [0.25, 0.3) is 0 Å². The molecule has 0 spiro atoms. The van der Waals surface area contributed by atoms with Crippen LogP contribution in [0.1, 0.15) is 6.42 Å². The zero-order valence-corrected chi connectivity index (χ0v) is 8.90. The second kappa shape index (κ2) is 3.47. The molecular weight excluding hydrogens is 200 g/mol. The molecule has 4 fully saturated rings. The molecule has 78 valence electrons. The Labute approximate surface area is 89.3 Å². The van der Waals surface area contributed by atoms with Crippen LogP contribution in [0.4, 0.5) is 0 Å². The highest BCUT2D eigenvalue weighted by Gasteiger charge is 2.42. The van der Waals surface area contributed by atoms with Crippen LogP contribution in [0.2, 0.25) is 0 Å². The Kier molecular flexibility index (Phi) is 2.26. The second-order valence-corrected chi connectivity index (χ2v) is 4.56. The average molecular weight is 215 g/mol. The Bertz CT molecular complexity index is 227. The third kappa shape index (κ3) is 1.38. The Morgan fingerprint density at radius 2 is 1.57 bits per heavy atom. The van der Waals surface area contributed by atoms with Crippen molar-refractivity contribution in [3.63, 3.8) is 0 Å². The summed E-state index contributed by atoms with van der Waals surface area (Å²) < 4.78 is 0. The molecule has 0 saturated carbocycles. The monoisotopic (exact) mass is 214 g/mol. The predicted octanol–water partition coefficient (Wildman–Crippen LogP) is 0.491. The molecular formula is C9H15ClN4. The molecule has 4 aliphatic heterocycles. The number of hydrogen-bond donors (Lipinski definition) is 0. The van der Waals surface area contributed by atoms with Gasteiger partial charge in [-0.25, -0.2) is 0 Å². The van der Waals surface area contributed by atoms with Gasteiger partial charge in [0.15, 0.2) is 0 Å². The molecule has 4 nitrogen and oxygen atoms in total. The lowest BCUT2D eigenvalue weighted by Crippen LogP contribution is -2.75. The summed E-state index contributed by atoms with van der Waals surface area (Å²) in [7, 11) is 0. The van der Waals surface area contributed by atoms with E-state index in [1.807, 2.05) is 0 Å². The van der Waals surface area contributed by atoms with E-state index >= 15 is 0 Å². The summed E-state index contributed by atoms with van der Waals surface area (Å²) in [5.41, 5.74) is 1.63. The van der Waals surface area contributed by atoms with E-state index in [-0.39, 0.29) is 0 Å². The maximum Gasteiger partial charge on any atom is 0.0702 e. The average Bonchev–Trinajstić information content (AvgIpc) is 2.15. The van der Waals surface area contributed by atoms with Crippen molar-refractivity contribution < 1.29 is 0 Å². The summed E-state index contributed by atoms with van der Waals surface area (Å²) in [5, 5.41) is 0. The molecule has 4 bridgehead atoms. The van der Waals surface area contributed by atoms with Crippen molar-refractivity contribution in [2.45, 2.75) is 12.6 Å². The van der Waals surface area contributed by atoms with Crippen LogP contribution in [0.25, 0.3) is 0 Å². The highest BCUT2D eigenvalue weighted by Crippen LogP contribution is 2.27. The molecule has 0 unspecified atom stereocenters. The lowest BCUT2D eigenvalue weighted by Gasteiger charge is -2.60. The smallest absolute Gasteiger partial charge is 0.0702 e. The Morgan fingerprint density at radius 1 is 1.00 bits per heavy atom. The molecule has 0 aromatic heterocycles. The molecule has 0 N–H and O–H groups in total. The van der Waals surface area contributed by atoms with Gasteiger partial charge in [-0.2, -0.15) is 0 Å². The van der Waals surface area contributed by atoms with Crippen LogP contribution < -0.4 is 0 Å². The van der Waals surface area contributed by atoms with E-state index in [0.717, 1.165) is 39.8 Å². The fourth-order valence-corrected chi connectivity index (χ4v) is 2.85. The van der Waals surface area contributed by atoms with Gasteiger partial charge in [-0.3, -0.25) is 19.6 Å². The number of nitrogens with zero attached hydrogens (tertiary/aromatic N) is 4. The topological polar surface area (TPSA) is 13.0 Å². The van der Waals surface area contributed by atoms with Crippen molar-refractivity contribution in [1.82, 2.24) is 19.6 Å². The second-order valence-electron chi connectivity index (χ2n) is 4.30. The molecule has 4 rings (SSSR count). The lowest BCUT2D eigenvalue weighted by atomic mass is 10.2. The van der Waals surface area contributed by atoms with E-state index in [9.17, 15) is 0 Å². The Hall–Kier alpha value is -0.130. The fraction of sp³-hybridized carbons (Fsp3) is 0.778. The molecule has 4 aliphatic rings. The standard InChI is InChI=1S/C9H15ClN4/c10-3-1-2-9-13-5-11-4-12(7-13)8-14(9)6-11/h1,3,9H,2,4-8H2. The first-order valence-corrected chi connectivity index (χ1v) is 5.48. The predicted molar refractivity (Wildman–Crippen MR) is 55.1 cm³/mol. The number of rotatable bonds is 2. The van der Waals surface area contributed by atoms with Crippen LogP contribution in [0, 0.1) is 0 Å². The van der Waals surface area contributed by atoms with Gasteiger partial charge in [-0.1, -0.05) is 17.7 Å². The molecule has 0 atom stereocenters. The van der Waals surface area contributed by atoms with Gasteiger partial charge in [-0.15, -0.1) is 0 Å². The van der Waals surface area contributed by atoms with E-state index in [0.29, 0.717) is 6.17 Å². The molecule has 5 heteroatoms. The summed E-state index contributed by atoms with van der Waals surface area (Å²) in [4.78, 5) is 9.95. The lowest BCUT2D eigenvalue weighted by molar-refractivity contribution is -0.229. The molecule has 14 heavy (non-hydrogen) atoms. The van der Waals surface area contributed by atoms with Crippen molar-refractivity contribution in [3.8, 4) is 0 Å². The van der Waals surface area contributed by atoms with Crippen molar-refractivity contribution in [1.29, 1.82) is 0 Å². The van der Waals surface area contributed by atoms with E-state index < -0.39 is 0 Å². The van der Waals surface area contributed by atoms with E-state index in [1.165, 1.54) is 0 Å². The van der Waals surface area contributed by atoms with Crippen molar-refractivity contribution in [2.24, 2.45) is 0 Å². The SMILES string of the molecule is ClC=CCC1N2CN3CN(C2)CN1C3. The van der Waals surface area contributed by atoms with Crippen LogP contribution in [0.15, 0.2) is 11.6 Å². The normalized spacial score (nSPS) is 50.5. The van der Waals surface area contributed by atoms with E-state index in [2.05, 4.69) is 25.7 Å². The van der Waals surface area contributed by atoms with Gasteiger partial charge in [0, 0.05) is 5.54 Å². The molecule has 0 aromatic rings. The quantitative estimate of drug-likeness (QED) is 0.664. The van der Waals surface area contributed by atoms with Crippen molar-refractivity contribution >= 4 is 11.6 Å². The maximum atomic E-state index is 5.58. The number of hydrogen-bond acceptors (Lipinski definition) is 4. The van der Waals surface area contributed by atoms with Gasteiger partial charge in [0.2, 0.25) is 0 Å². The maximum absolute atomic E-state index is 5.58. The zero-order valence-electron chi connectivity index (χ0n) is 8.14. The molecule has 0 aliphatic carbocycles. The van der Waals surface area contributed by atoms with Crippen LogP contribution in [0.5, 0.6) is 0 Å². The highest BCUT2D eigenvalue weighted by molar-refractivity contribution is 6.25. The van der Waals surface area contributed by atoms with Crippen LogP contribution >= 0.6 is 11.6 Å². The minimum atomic E-state index is 0.567. The molecule has 4 saturated heterocycles. The first-order chi connectivity index (χ1) is 6.86. The largest absolute Gasteiger partial charge is 0.264 e. The van der Waals surface area contributed by atoms with E-state index in [4.69, 9.17) is 11.6 Å². The third-order valence-corrected chi connectivity index (χ3v) is 3.38. The molecule has 0 radical (unpaired) electrons. The first kappa shape index (κ1) is 9.12. The van der Waals surface area contributed by atoms with E-state index in [1.54, 1.807) is 5.54 Å². The van der Waals surface area contributed by atoms with Crippen LogP contribution in [-0.2, 0) is 0 Å². The van der Waals surface area contributed by atoms with Gasteiger partial charge in [0.05, 0.1) is 39.5 Å². The minimum Gasteiger partial charge on any atom is -0.264 e.